The van der Waals surface area contributed by atoms with Gasteiger partial charge in [-0.2, -0.15) is 0 Å². The zero-order valence-corrected chi connectivity index (χ0v) is 11.7. The second-order valence-corrected chi connectivity index (χ2v) is 2.72. The van der Waals surface area contributed by atoms with Crippen LogP contribution < -0.4 is 4.74 Å². The monoisotopic (exact) mass is 277 g/mol. The van der Waals surface area contributed by atoms with E-state index < -0.39 is 0 Å². The van der Waals surface area contributed by atoms with Gasteiger partial charge in [0.05, 0.1) is 7.11 Å². The Kier molecular flexibility index (Phi) is 5.77. The molecular weight excluding hydrogens is 265 g/mol. The molecule has 0 saturated heterocycles. The standard InChI is InChI=1S/C10H9N2O.CH3.Y/c1-13-9-4-2-3-8-7(9)5-6-10(11)12-8;;/h2-6H,1H3,(H-,11,12);1H3;/q2*-1;. The minimum Gasteiger partial charge on any atom is -0.496 e. The van der Waals surface area contributed by atoms with Gasteiger partial charge in [-0.3, -0.25) is 0 Å². The largest absolute Gasteiger partial charge is 0.496 e. The van der Waals surface area contributed by atoms with Crippen LogP contribution in [-0.2, 0) is 32.7 Å². The maximum atomic E-state index is 7.35. The van der Waals surface area contributed by atoms with Gasteiger partial charge in [0.2, 0.25) is 0 Å². The molecule has 1 aromatic heterocycles. The fourth-order valence-electron chi connectivity index (χ4n) is 1.30. The first-order chi connectivity index (χ1) is 6.31. The molecule has 0 unspecified atom stereocenters. The Hall–Kier alpha value is -0.666. The number of rotatable bonds is 1. The first-order valence-corrected chi connectivity index (χ1v) is 3.96. The molecular formula is C11H12N2OY-2. The van der Waals surface area contributed by atoms with Crippen molar-refractivity contribution in [2.45, 2.75) is 0 Å². The molecule has 1 heterocycles. The summed E-state index contributed by atoms with van der Waals surface area (Å²) in [6.45, 7) is 0. The van der Waals surface area contributed by atoms with Gasteiger partial charge in [-0.1, -0.05) is 30.1 Å². The van der Waals surface area contributed by atoms with Crippen LogP contribution in [0.15, 0.2) is 30.3 Å². The van der Waals surface area contributed by atoms with Crippen LogP contribution in [0.3, 0.4) is 0 Å². The van der Waals surface area contributed by atoms with Crippen molar-refractivity contribution in [3.05, 3.63) is 43.5 Å². The van der Waals surface area contributed by atoms with Crippen molar-refractivity contribution in [3.8, 4) is 5.75 Å². The summed E-state index contributed by atoms with van der Waals surface area (Å²) in [6, 6.07) is 9.13. The minimum atomic E-state index is 0. The molecule has 0 amide bonds. The second-order valence-electron chi connectivity index (χ2n) is 2.72. The molecule has 0 atom stereocenters. The van der Waals surface area contributed by atoms with Crippen LogP contribution in [0.25, 0.3) is 16.6 Å². The molecule has 0 aliphatic carbocycles. The maximum absolute atomic E-state index is 7.35. The zero-order valence-electron chi connectivity index (χ0n) is 8.82. The number of methoxy groups -OCH3 is 1. The molecule has 3 nitrogen and oxygen atoms in total. The van der Waals surface area contributed by atoms with Gasteiger partial charge in [-0.15, -0.1) is 0 Å². The van der Waals surface area contributed by atoms with Crippen molar-refractivity contribution in [3.63, 3.8) is 0 Å². The third-order valence-corrected chi connectivity index (χ3v) is 1.91. The van der Waals surface area contributed by atoms with Crippen LogP contribution in [0, 0.1) is 7.43 Å². The van der Waals surface area contributed by atoms with Crippen molar-refractivity contribution in [1.82, 2.24) is 4.98 Å². The summed E-state index contributed by atoms with van der Waals surface area (Å²) in [7, 11) is 1.63. The summed E-state index contributed by atoms with van der Waals surface area (Å²) in [6.07, 6.45) is 0. The first kappa shape index (κ1) is 14.3. The average molecular weight is 277 g/mol. The number of hydrogen-bond donors (Lipinski definition) is 0. The van der Waals surface area contributed by atoms with Gasteiger partial charge in [0.1, 0.15) is 5.75 Å². The molecule has 0 aliphatic heterocycles. The van der Waals surface area contributed by atoms with E-state index in [-0.39, 0.29) is 46.0 Å². The summed E-state index contributed by atoms with van der Waals surface area (Å²) in [5.41, 5.74) is 8.15. The number of pyridine rings is 1. The molecule has 0 bridgehead atoms. The van der Waals surface area contributed by atoms with Gasteiger partial charge in [0.25, 0.3) is 0 Å². The molecule has 1 N–H and O–H groups in total. The predicted molar refractivity (Wildman–Crippen MR) is 58.7 cm³/mol. The van der Waals surface area contributed by atoms with E-state index in [0.29, 0.717) is 0 Å². The Labute approximate surface area is 115 Å². The number of benzene rings is 1. The van der Waals surface area contributed by atoms with Gasteiger partial charge < -0.3 is 22.9 Å². The summed E-state index contributed by atoms with van der Waals surface area (Å²) in [5.74, 6) is 1.07. The SMILES string of the molecule is COc1cccc2nc([NH-])ccc12.[CH3-].[Y]. The quantitative estimate of drug-likeness (QED) is 0.750. The Balaban J connectivity index is 0.000000980. The van der Waals surface area contributed by atoms with Gasteiger partial charge in [0.15, 0.2) is 0 Å². The van der Waals surface area contributed by atoms with Gasteiger partial charge in [0, 0.05) is 38.1 Å². The summed E-state index contributed by atoms with van der Waals surface area (Å²) < 4.78 is 5.17. The van der Waals surface area contributed by atoms with E-state index in [1.165, 1.54) is 0 Å². The van der Waals surface area contributed by atoms with Crippen molar-refractivity contribution < 1.29 is 37.4 Å². The van der Waals surface area contributed by atoms with E-state index in [4.69, 9.17) is 10.5 Å². The molecule has 4 heteroatoms. The Bertz CT molecular complexity index is 446. The molecule has 2 aromatic rings. The van der Waals surface area contributed by atoms with Gasteiger partial charge in [-0.05, 0) is 11.6 Å². The van der Waals surface area contributed by atoms with E-state index in [1.807, 2.05) is 24.3 Å². The molecule has 0 spiro atoms. The van der Waals surface area contributed by atoms with E-state index in [1.54, 1.807) is 13.2 Å². The van der Waals surface area contributed by atoms with Crippen LogP contribution >= 0.6 is 0 Å². The molecule has 1 radical (unpaired) electrons. The predicted octanol–water partition coefficient (Wildman–Crippen LogP) is 3.37. The second kappa shape index (κ2) is 6.03. The van der Waals surface area contributed by atoms with Gasteiger partial charge in [-0.25, -0.2) is 0 Å². The minimum absolute atomic E-state index is 0. The average Bonchev–Trinajstić information content (AvgIpc) is 2.16. The molecule has 1 aromatic carbocycles. The Morgan fingerprint density at radius 2 is 1.93 bits per heavy atom. The van der Waals surface area contributed by atoms with Crippen molar-refractivity contribution in [2.75, 3.05) is 7.11 Å². The number of nitrogens with one attached hydrogen (secondary N) is 1. The smallest absolute Gasteiger partial charge is 0.126 e. The molecule has 77 valence electrons. The molecule has 0 aliphatic rings. The Morgan fingerprint density at radius 1 is 1.20 bits per heavy atom. The van der Waals surface area contributed by atoms with E-state index in [2.05, 4.69) is 4.98 Å². The number of aromatic nitrogens is 1. The molecule has 15 heavy (non-hydrogen) atoms. The topological polar surface area (TPSA) is 45.9 Å². The third-order valence-electron chi connectivity index (χ3n) is 1.91. The molecule has 2 rings (SSSR count). The van der Waals surface area contributed by atoms with Crippen LogP contribution in [0.2, 0.25) is 0 Å². The normalized spacial score (nSPS) is 8.87. The van der Waals surface area contributed by atoms with Crippen LogP contribution in [-0.4, -0.2) is 12.1 Å². The summed E-state index contributed by atoms with van der Waals surface area (Å²) >= 11 is 0. The number of ether oxygens (including phenoxy) is 1. The van der Waals surface area contributed by atoms with Crippen LogP contribution in [0.5, 0.6) is 5.75 Å². The third kappa shape index (κ3) is 2.89. The van der Waals surface area contributed by atoms with E-state index in [9.17, 15) is 0 Å². The number of fused-ring (bicyclic) bond motifs is 1. The summed E-state index contributed by atoms with van der Waals surface area (Å²) in [5, 5.41) is 0.945. The maximum Gasteiger partial charge on any atom is 0.126 e. The fourth-order valence-corrected chi connectivity index (χ4v) is 1.30. The Morgan fingerprint density at radius 3 is 2.60 bits per heavy atom. The number of hydrogen-bond acceptors (Lipinski definition) is 2. The fraction of sp³-hybridized carbons (Fsp3) is 0.0909. The first-order valence-electron chi connectivity index (χ1n) is 3.96. The van der Waals surface area contributed by atoms with Crippen LogP contribution in [0.4, 0.5) is 5.82 Å². The molecule has 0 fully saturated rings. The van der Waals surface area contributed by atoms with Crippen molar-refractivity contribution in [1.29, 1.82) is 0 Å². The summed E-state index contributed by atoms with van der Waals surface area (Å²) in [4.78, 5) is 4.07. The van der Waals surface area contributed by atoms with E-state index >= 15 is 0 Å². The van der Waals surface area contributed by atoms with Crippen molar-refractivity contribution in [2.24, 2.45) is 0 Å². The zero-order chi connectivity index (χ0) is 9.26. The van der Waals surface area contributed by atoms with E-state index in [0.717, 1.165) is 16.7 Å². The van der Waals surface area contributed by atoms with Gasteiger partial charge >= 0.3 is 0 Å². The van der Waals surface area contributed by atoms with Crippen LogP contribution in [0.1, 0.15) is 0 Å². The number of nitrogens with zero attached hydrogens (tertiary/aromatic N) is 1. The van der Waals surface area contributed by atoms with Crippen molar-refractivity contribution >= 4 is 16.7 Å². The molecule has 0 saturated carbocycles.